The number of carbonyl (C=O) groups is 1. The number of aryl methyl sites for hydroxylation is 1. The monoisotopic (exact) mass is 296 g/mol. The van der Waals surface area contributed by atoms with E-state index in [0.717, 1.165) is 24.0 Å². The van der Waals surface area contributed by atoms with Gasteiger partial charge in [-0.25, -0.2) is 4.79 Å². The predicted octanol–water partition coefficient (Wildman–Crippen LogP) is 3.26. The van der Waals surface area contributed by atoms with Gasteiger partial charge in [0.25, 0.3) is 0 Å². The fourth-order valence-electron chi connectivity index (χ4n) is 2.78. The number of amides is 1. The molecule has 3 rings (SSSR count). The standard InChI is InChI=1S/C18H20N2O2/c1-20(12-13-5-3-2-4-6-13)18(21)22-15-9-7-14-8-10-17(19)16(14)11-15/h2-7,9,11,17H,8,10,12,19H2,1H3. The minimum atomic E-state index is -0.365. The number of nitrogens with two attached hydrogens (primary N) is 1. The molecule has 0 radical (unpaired) electrons. The van der Waals surface area contributed by atoms with E-state index in [-0.39, 0.29) is 12.1 Å². The van der Waals surface area contributed by atoms with E-state index >= 15 is 0 Å². The highest BCUT2D eigenvalue weighted by atomic mass is 16.6. The van der Waals surface area contributed by atoms with Gasteiger partial charge in [0.1, 0.15) is 5.75 Å². The van der Waals surface area contributed by atoms with Gasteiger partial charge in [0.15, 0.2) is 0 Å². The summed E-state index contributed by atoms with van der Waals surface area (Å²) in [6, 6.07) is 15.6. The first kappa shape index (κ1) is 14.6. The molecule has 1 atom stereocenters. The van der Waals surface area contributed by atoms with Gasteiger partial charge in [-0.3, -0.25) is 0 Å². The zero-order valence-corrected chi connectivity index (χ0v) is 12.7. The van der Waals surface area contributed by atoms with Crippen LogP contribution in [-0.4, -0.2) is 18.0 Å². The number of hydrogen-bond acceptors (Lipinski definition) is 3. The normalized spacial score (nSPS) is 16.2. The zero-order valence-electron chi connectivity index (χ0n) is 12.7. The van der Waals surface area contributed by atoms with E-state index in [1.54, 1.807) is 11.9 Å². The molecular weight excluding hydrogens is 276 g/mol. The van der Waals surface area contributed by atoms with Crippen LogP contribution >= 0.6 is 0 Å². The van der Waals surface area contributed by atoms with Gasteiger partial charge in [-0.15, -0.1) is 0 Å². The fraction of sp³-hybridized carbons (Fsp3) is 0.278. The van der Waals surface area contributed by atoms with E-state index in [1.807, 2.05) is 48.5 Å². The number of carbonyl (C=O) groups excluding carboxylic acids is 1. The lowest BCUT2D eigenvalue weighted by Gasteiger charge is -2.17. The number of rotatable bonds is 3. The topological polar surface area (TPSA) is 55.6 Å². The Bertz CT molecular complexity index is 670. The first-order valence-electron chi connectivity index (χ1n) is 7.49. The lowest BCUT2D eigenvalue weighted by atomic mass is 10.1. The molecular formula is C18H20N2O2. The summed E-state index contributed by atoms with van der Waals surface area (Å²) in [6.45, 7) is 0.518. The van der Waals surface area contributed by atoms with Gasteiger partial charge in [0.05, 0.1) is 0 Å². The molecule has 4 heteroatoms. The second-order valence-electron chi connectivity index (χ2n) is 5.72. The van der Waals surface area contributed by atoms with Crippen LogP contribution in [0.2, 0.25) is 0 Å². The van der Waals surface area contributed by atoms with Crippen LogP contribution in [0, 0.1) is 0 Å². The Morgan fingerprint density at radius 1 is 1.27 bits per heavy atom. The summed E-state index contributed by atoms with van der Waals surface area (Å²) >= 11 is 0. The van der Waals surface area contributed by atoms with Crippen molar-refractivity contribution < 1.29 is 9.53 Å². The number of ether oxygens (including phenoxy) is 1. The molecule has 0 fully saturated rings. The van der Waals surface area contributed by atoms with Crippen molar-refractivity contribution in [2.75, 3.05) is 7.05 Å². The third kappa shape index (κ3) is 3.12. The summed E-state index contributed by atoms with van der Waals surface area (Å²) in [6.07, 6.45) is 1.59. The minimum absolute atomic E-state index is 0.0516. The summed E-state index contributed by atoms with van der Waals surface area (Å²) in [5.41, 5.74) is 9.47. The maximum Gasteiger partial charge on any atom is 0.415 e. The minimum Gasteiger partial charge on any atom is -0.410 e. The smallest absolute Gasteiger partial charge is 0.410 e. The van der Waals surface area contributed by atoms with E-state index in [9.17, 15) is 4.79 Å². The molecule has 1 unspecified atom stereocenters. The van der Waals surface area contributed by atoms with E-state index in [0.29, 0.717) is 12.3 Å². The maximum atomic E-state index is 12.2. The molecule has 1 amide bonds. The van der Waals surface area contributed by atoms with Crippen LogP contribution in [0.4, 0.5) is 4.79 Å². The summed E-state index contributed by atoms with van der Waals surface area (Å²) < 4.78 is 5.45. The SMILES string of the molecule is CN(Cc1ccccc1)C(=O)Oc1ccc2c(c1)C(N)CC2. The van der Waals surface area contributed by atoms with Crippen LogP contribution in [0.3, 0.4) is 0 Å². The summed E-state index contributed by atoms with van der Waals surface area (Å²) in [5.74, 6) is 0.556. The van der Waals surface area contributed by atoms with Crippen LogP contribution in [0.1, 0.15) is 29.2 Å². The number of nitrogens with zero attached hydrogens (tertiary/aromatic N) is 1. The summed E-state index contributed by atoms with van der Waals surface area (Å²) in [5, 5.41) is 0. The average molecular weight is 296 g/mol. The Morgan fingerprint density at radius 3 is 2.82 bits per heavy atom. The van der Waals surface area contributed by atoms with Crippen LogP contribution in [-0.2, 0) is 13.0 Å². The van der Waals surface area contributed by atoms with Crippen LogP contribution in [0.15, 0.2) is 48.5 Å². The first-order chi connectivity index (χ1) is 10.6. The van der Waals surface area contributed by atoms with E-state index in [4.69, 9.17) is 10.5 Å². The van der Waals surface area contributed by atoms with Crippen LogP contribution in [0.25, 0.3) is 0 Å². The van der Waals surface area contributed by atoms with Gasteiger partial charge in [0, 0.05) is 19.6 Å². The van der Waals surface area contributed by atoms with Crippen molar-refractivity contribution >= 4 is 6.09 Å². The molecule has 2 N–H and O–H groups in total. The predicted molar refractivity (Wildman–Crippen MR) is 85.6 cm³/mol. The van der Waals surface area contributed by atoms with E-state index in [1.165, 1.54) is 5.56 Å². The highest BCUT2D eigenvalue weighted by Gasteiger charge is 2.20. The van der Waals surface area contributed by atoms with Crippen molar-refractivity contribution in [2.24, 2.45) is 5.73 Å². The van der Waals surface area contributed by atoms with Crippen molar-refractivity contribution in [3.8, 4) is 5.75 Å². The average Bonchev–Trinajstić information content (AvgIpc) is 2.89. The van der Waals surface area contributed by atoms with Crippen molar-refractivity contribution in [3.05, 3.63) is 65.2 Å². The number of benzene rings is 2. The molecule has 22 heavy (non-hydrogen) atoms. The van der Waals surface area contributed by atoms with Crippen molar-refractivity contribution in [1.29, 1.82) is 0 Å². The molecule has 0 aliphatic heterocycles. The molecule has 2 aromatic carbocycles. The summed E-state index contributed by atoms with van der Waals surface area (Å²) in [4.78, 5) is 13.7. The highest BCUT2D eigenvalue weighted by molar-refractivity contribution is 5.70. The Kier molecular flexibility index (Phi) is 4.11. The molecule has 0 bridgehead atoms. The lowest BCUT2D eigenvalue weighted by Crippen LogP contribution is -2.29. The molecule has 1 aliphatic rings. The molecule has 114 valence electrons. The molecule has 1 aliphatic carbocycles. The first-order valence-corrected chi connectivity index (χ1v) is 7.49. The third-order valence-electron chi connectivity index (χ3n) is 4.02. The molecule has 0 spiro atoms. The largest absolute Gasteiger partial charge is 0.415 e. The molecule has 0 saturated carbocycles. The number of fused-ring (bicyclic) bond motifs is 1. The third-order valence-corrected chi connectivity index (χ3v) is 4.02. The Labute approximate surface area is 130 Å². The van der Waals surface area contributed by atoms with Gasteiger partial charge < -0.3 is 15.4 Å². The molecule has 0 heterocycles. The maximum absolute atomic E-state index is 12.2. The fourth-order valence-corrected chi connectivity index (χ4v) is 2.78. The van der Waals surface area contributed by atoms with E-state index < -0.39 is 0 Å². The van der Waals surface area contributed by atoms with Crippen LogP contribution < -0.4 is 10.5 Å². The van der Waals surface area contributed by atoms with Crippen LogP contribution in [0.5, 0.6) is 5.75 Å². The zero-order chi connectivity index (χ0) is 15.5. The van der Waals surface area contributed by atoms with Gasteiger partial charge >= 0.3 is 6.09 Å². The van der Waals surface area contributed by atoms with Gasteiger partial charge in [-0.05, 0) is 41.7 Å². The molecule has 0 aromatic heterocycles. The van der Waals surface area contributed by atoms with E-state index in [2.05, 4.69) is 0 Å². The van der Waals surface area contributed by atoms with Gasteiger partial charge in [-0.1, -0.05) is 36.4 Å². The second kappa shape index (κ2) is 6.20. The van der Waals surface area contributed by atoms with Gasteiger partial charge in [0.2, 0.25) is 0 Å². The summed E-state index contributed by atoms with van der Waals surface area (Å²) in [7, 11) is 1.73. The Morgan fingerprint density at radius 2 is 2.05 bits per heavy atom. The van der Waals surface area contributed by atoms with Crippen molar-refractivity contribution in [3.63, 3.8) is 0 Å². The van der Waals surface area contributed by atoms with Gasteiger partial charge in [-0.2, -0.15) is 0 Å². The molecule has 4 nitrogen and oxygen atoms in total. The number of hydrogen-bond donors (Lipinski definition) is 1. The lowest BCUT2D eigenvalue weighted by molar-refractivity contribution is 0.160. The Hall–Kier alpha value is -2.33. The van der Waals surface area contributed by atoms with Crippen molar-refractivity contribution in [1.82, 2.24) is 4.90 Å². The second-order valence-corrected chi connectivity index (χ2v) is 5.72. The molecule has 2 aromatic rings. The highest BCUT2D eigenvalue weighted by Crippen LogP contribution is 2.32. The Balaban J connectivity index is 1.65. The quantitative estimate of drug-likeness (QED) is 0.945. The van der Waals surface area contributed by atoms with Crippen molar-refractivity contribution in [2.45, 2.75) is 25.4 Å². The molecule has 0 saturated heterocycles.